The van der Waals surface area contributed by atoms with Crippen LogP contribution in [-0.4, -0.2) is 23.1 Å². The Morgan fingerprint density at radius 2 is 2.10 bits per heavy atom. The minimum Gasteiger partial charge on any atom is -0.468 e. The van der Waals surface area contributed by atoms with Crippen molar-refractivity contribution in [2.75, 3.05) is 6.54 Å². The summed E-state index contributed by atoms with van der Waals surface area (Å²) in [4.78, 5) is 26.9. The van der Waals surface area contributed by atoms with Gasteiger partial charge in [-0.15, -0.1) is 0 Å². The van der Waals surface area contributed by atoms with Gasteiger partial charge in [0, 0.05) is 11.3 Å². The Kier molecular flexibility index (Phi) is 4.43. The van der Waals surface area contributed by atoms with Gasteiger partial charge in [0.2, 0.25) is 0 Å². The van der Waals surface area contributed by atoms with E-state index in [0.29, 0.717) is 11.3 Å². The second-order valence-electron chi connectivity index (χ2n) is 5.22. The molecule has 0 aliphatic rings. The quantitative estimate of drug-likeness (QED) is 0.801. The molecule has 2 aromatic heterocycles. The highest BCUT2D eigenvalue weighted by molar-refractivity contribution is 6.03. The Morgan fingerprint density at radius 1 is 1.38 bits per heavy atom. The van der Waals surface area contributed by atoms with E-state index in [1.165, 1.54) is 6.92 Å². The summed E-state index contributed by atoms with van der Waals surface area (Å²) in [5.41, 5.74) is 2.56. The van der Waals surface area contributed by atoms with E-state index in [1.807, 2.05) is 19.1 Å². The lowest BCUT2D eigenvalue weighted by atomic mass is 10.1. The van der Waals surface area contributed by atoms with Gasteiger partial charge in [0.05, 0.1) is 24.5 Å². The molecule has 0 aliphatic carbocycles. The van der Waals surface area contributed by atoms with E-state index in [-0.39, 0.29) is 24.2 Å². The van der Waals surface area contributed by atoms with Crippen LogP contribution in [0.2, 0.25) is 0 Å². The molecule has 112 valence electrons. The van der Waals surface area contributed by atoms with Gasteiger partial charge in [-0.05, 0) is 45.4 Å². The fourth-order valence-electron chi connectivity index (χ4n) is 2.53. The van der Waals surface area contributed by atoms with Gasteiger partial charge in [0.1, 0.15) is 5.76 Å². The van der Waals surface area contributed by atoms with Gasteiger partial charge in [-0.3, -0.25) is 9.59 Å². The normalized spacial score (nSPS) is 12.4. The van der Waals surface area contributed by atoms with E-state index >= 15 is 0 Å². The molecule has 2 heterocycles. The van der Waals surface area contributed by atoms with Crippen molar-refractivity contribution in [3.05, 3.63) is 46.7 Å². The lowest BCUT2D eigenvalue weighted by molar-refractivity contribution is 0.0981. The van der Waals surface area contributed by atoms with Gasteiger partial charge in [0.15, 0.2) is 11.6 Å². The van der Waals surface area contributed by atoms with Crippen LogP contribution in [-0.2, 0) is 0 Å². The largest absolute Gasteiger partial charge is 0.468 e. The number of aromatic amines is 1. The number of rotatable bonds is 6. The van der Waals surface area contributed by atoms with Crippen molar-refractivity contribution in [2.45, 2.75) is 33.7 Å². The zero-order chi connectivity index (χ0) is 15.6. The molecule has 0 bridgehead atoms. The summed E-state index contributed by atoms with van der Waals surface area (Å²) in [6.07, 6.45) is 1.60. The smallest absolute Gasteiger partial charge is 0.193 e. The number of Topliss-reactive ketones (excluding diaryl/α,β-unsaturated/α-hetero) is 2. The standard InChI is InChI=1S/C16H20N2O3/c1-9-15(12(4)19)11(3)18-16(9)13(20)8-17-10(2)14-6-5-7-21-14/h5-7,10,17-18H,8H2,1-4H3/t10-/m0/s1. The Hall–Kier alpha value is -2.14. The van der Waals surface area contributed by atoms with E-state index < -0.39 is 0 Å². The van der Waals surface area contributed by atoms with Crippen molar-refractivity contribution in [3.63, 3.8) is 0 Å². The highest BCUT2D eigenvalue weighted by Gasteiger charge is 2.20. The number of furan rings is 1. The summed E-state index contributed by atoms with van der Waals surface area (Å²) in [6, 6.07) is 3.63. The number of carbonyl (C=O) groups is 2. The molecule has 2 aromatic rings. The van der Waals surface area contributed by atoms with Crippen LogP contribution in [0.15, 0.2) is 22.8 Å². The average Bonchev–Trinajstić information content (AvgIpc) is 3.03. The second kappa shape index (κ2) is 6.10. The summed E-state index contributed by atoms with van der Waals surface area (Å²) in [6.45, 7) is 7.22. The number of ketones is 2. The molecule has 0 radical (unpaired) electrons. The first-order valence-corrected chi connectivity index (χ1v) is 6.92. The second-order valence-corrected chi connectivity index (χ2v) is 5.22. The molecule has 2 N–H and O–H groups in total. The van der Waals surface area contributed by atoms with Gasteiger partial charge >= 0.3 is 0 Å². The van der Waals surface area contributed by atoms with E-state index in [9.17, 15) is 9.59 Å². The number of H-pyrrole nitrogens is 1. The summed E-state index contributed by atoms with van der Waals surface area (Å²) < 4.78 is 5.29. The van der Waals surface area contributed by atoms with Gasteiger partial charge < -0.3 is 14.7 Å². The molecule has 0 unspecified atom stereocenters. The monoisotopic (exact) mass is 288 g/mol. The molecule has 0 amide bonds. The van der Waals surface area contributed by atoms with Crippen LogP contribution < -0.4 is 5.32 Å². The average molecular weight is 288 g/mol. The number of hydrogen-bond donors (Lipinski definition) is 2. The molecule has 0 saturated carbocycles. The summed E-state index contributed by atoms with van der Waals surface area (Å²) in [5, 5.41) is 3.12. The minimum atomic E-state index is -0.0680. The predicted octanol–water partition coefficient (Wildman–Crippen LogP) is 2.96. The third kappa shape index (κ3) is 3.13. The number of carbonyl (C=O) groups excluding carboxylic acids is 2. The highest BCUT2D eigenvalue weighted by Crippen LogP contribution is 2.19. The van der Waals surface area contributed by atoms with Crippen LogP contribution in [0.4, 0.5) is 0 Å². The first-order valence-electron chi connectivity index (χ1n) is 6.92. The Labute approximate surface area is 123 Å². The van der Waals surface area contributed by atoms with Crippen LogP contribution in [0.25, 0.3) is 0 Å². The van der Waals surface area contributed by atoms with E-state index in [4.69, 9.17) is 4.42 Å². The van der Waals surface area contributed by atoms with Crippen LogP contribution in [0.1, 0.15) is 57.8 Å². The number of aryl methyl sites for hydroxylation is 1. The number of hydrogen-bond acceptors (Lipinski definition) is 4. The number of nitrogens with one attached hydrogen (secondary N) is 2. The van der Waals surface area contributed by atoms with E-state index in [1.54, 1.807) is 20.1 Å². The summed E-state index contributed by atoms with van der Waals surface area (Å²) in [7, 11) is 0. The highest BCUT2D eigenvalue weighted by atomic mass is 16.3. The lowest BCUT2D eigenvalue weighted by Gasteiger charge is -2.10. The minimum absolute atomic E-state index is 0.0304. The fraction of sp³-hybridized carbons (Fsp3) is 0.375. The summed E-state index contributed by atoms with van der Waals surface area (Å²) in [5.74, 6) is 0.685. The van der Waals surface area contributed by atoms with Gasteiger partial charge in [-0.2, -0.15) is 0 Å². The van der Waals surface area contributed by atoms with Crippen molar-refractivity contribution >= 4 is 11.6 Å². The molecule has 5 heteroatoms. The molecule has 0 fully saturated rings. The van der Waals surface area contributed by atoms with Gasteiger partial charge in [0.25, 0.3) is 0 Å². The van der Waals surface area contributed by atoms with Crippen LogP contribution in [0.5, 0.6) is 0 Å². The number of aromatic nitrogens is 1. The molecule has 1 atom stereocenters. The van der Waals surface area contributed by atoms with Gasteiger partial charge in [-0.1, -0.05) is 0 Å². The third-order valence-corrected chi connectivity index (χ3v) is 3.61. The van der Waals surface area contributed by atoms with E-state index in [0.717, 1.165) is 17.0 Å². The molecule has 5 nitrogen and oxygen atoms in total. The first kappa shape index (κ1) is 15.3. The van der Waals surface area contributed by atoms with Crippen LogP contribution >= 0.6 is 0 Å². The van der Waals surface area contributed by atoms with Gasteiger partial charge in [-0.25, -0.2) is 0 Å². The maximum absolute atomic E-state index is 12.3. The van der Waals surface area contributed by atoms with E-state index in [2.05, 4.69) is 10.3 Å². The molecule has 0 aliphatic heterocycles. The topological polar surface area (TPSA) is 75.1 Å². The SMILES string of the molecule is CC(=O)c1c(C)[nH]c(C(=O)CN[C@@H](C)c2ccco2)c1C. The maximum atomic E-state index is 12.3. The molecular formula is C16H20N2O3. The summed E-state index contributed by atoms with van der Waals surface area (Å²) >= 11 is 0. The third-order valence-electron chi connectivity index (χ3n) is 3.61. The molecule has 0 saturated heterocycles. The molecular weight excluding hydrogens is 268 g/mol. The van der Waals surface area contributed by atoms with Crippen molar-refractivity contribution in [1.82, 2.24) is 10.3 Å². The molecule has 0 aromatic carbocycles. The first-order chi connectivity index (χ1) is 9.91. The zero-order valence-corrected chi connectivity index (χ0v) is 12.7. The molecule has 21 heavy (non-hydrogen) atoms. The van der Waals surface area contributed by atoms with Crippen LogP contribution in [0.3, 0.4) is 0 Å². The Balaban J connectivity index is 2.08. The zero-order valence-electron chi connectivity index (χ0n) is 12.7. The Morgan fingerprint density at radius 3 is 2.62 bits per heavy atom. The molecule has 2 rings (SSSR count). The van der Waals surface area contributed by atoms with Crippen molar-refractivity contribution in [3.8, 4) is 0 Å². The van der Waals surface area contributed by atoms with Crippen molar-refractivity contribution < 1.29 is 14.0 Å². The van der Waals surface area contributed by atoms with Crippen molar-refractivity contribution in [2.24, 2.45) is 0 Å². The molecule has 0 spiro atoms. The fourth-order valence-corrected chi connectivity index (χ4v) is 2.53. The Bertz CT molecular complexity index is 653. The lowest BCUT2D eigenvalue weighted by Crippen LogP contribution is -2.26. The maximum Gasteiger partial charge on any atom is 0.193 e. The van der Waals surface area contributed by atoms with Crippen molar-refractivity contribution in [1.29, 1.82) is 0 Å². The van der Waals surface area contributed by atoms with Crippen LogP contribution in [0, 0.1) is 13.8 Å². The predicted molar refractivity (Wildman–Crippen MR) is 79.7 cm³/mol.